The first-order valence-corrected chi connectivity index (χ1v) is 6.97. The van der Waals surface area contributed by atoms with E-state index in [4.69, 9.17) is 0 Å². The van der Waals surface area contributed by atoms with Gasteiger partial charge in [-0.1, -0.05) is 6.42 Å². The van der Waals surface area contributed by atoms with Crippen LogP contribution in [-0.4, -0.2) is 36.9 Å². The summed E-state index contributed by atoms with van der Waals surface area (Å²) < 4.78 is 0. The first kappa shape index (κ1) is 12.3. The summed E-state index contributed by atoms with van der Waals surface area (Å²) in [6.07, 6.45) is 8.46. The SMILES string of the molecule is OC1CCC(CNCC2CCCCN2)CC1. The molecule has 0 bridgehead atoms. The summed E-state index contributed by atoms with van der Waals surface area (Å²) in [6, 6.07) is 0.697. The van der Waals surface area contributed by atoms with E-state index in [1.165, 1.54) is 38.6 Å². The third-order valence-corrected chi connectivity index (χ3v) is 4.05. The Morgan fingerprint density at radius 2 is 1.81 bits per heavy atom. The molecule has 1 unspecified atom stereocenters. The van der Waals surface area contributed by atoms with Gasteiger partial charge in [0, 0.05) is 12.6 Å². The number of aliphatic hydroxyl groups is 1. The monoisotopic (exact) mass is 226 g/mol. The molecule has 1 aliphatic heterocycles. The van der Waals surface area contributed by atoms with Gasteiger partial charge in [0.05, 0.1) is 6.10 Å². The fraction of sp³-hybridized carbons (Fsp3) is 1.00. The molecule has 1 aliphatic carbocycles. The third kappa shape index (κ3) is 4.04. The molecule has 1 heterocycles. The Balaban J connectivity index is 1.53. The van der Waals surface area contributed by atoms with Gasteiger partial charge in [-0.15, -0.1) is 0 Å². The molecule has 0 amide bonds. The van der Waals surface area contributed by atoms with Crippen LogP contribution in [0.1, 0.15) is 44.9 Å². The Bertz CT molecular complexity index is 184. The van der Waals surface area contributed by atoms with E-state index < -0.39 is 0 Å². The molecule has 0 aromatic carbocycles. The molecule has 2 rings (SSSR count). The first-order valence-electron chi connectivity index (χ1n) is 6.97. The number of nitrogens with one attached hydrogen (secondary N) is 2. The van der Waals surface area contributed by atoms with Gasteiger partial charge in [-0.3, -0.25) is 0 Å². The Kier molecular flexibility index (Phi) is 5.07. The smallest absolute Gasteiger partial charge is 0.0540 e. The number of hydrogen-bond donors (Lipinski definition) is 3. The van der Waals surface area contributed by atoms with Gasteiger partial charge in [-0.2, -0.15) is 0 Å². The van der Waals surface area contributed by atoms with Crippen LogP contribution >= 0.6 is 0 Å². The molecule has 0 spiro atoms. The summed E-state index contributed by atoms with van der Waals surface area (Å²) in [5.41, 5.74) is 0. The molecule has 16 heavy (non-hydrogen) atoms. The molecule has 3 N–H and O–H groups in total. The number of aliphatic hydroxyl groups excluding tert-OH is 1. The van der Waals surface area contributed by atoms with Crippen LogP contribution in [0.4, 0.5) is 0 Å². The van der Waals surface area contributed by atoms with E-state index in [0.717, 1.165) is 31.8 Å². The molecule has 1 saturated carbocycles. The van der Waals surface area contributed by atoms with Crippen molar-refractivity contribution in [3.63, 3.8) is 0 Å². The minimum absolute atomic E-state index is 0.0174. The van der Waals surface area contributed by atoms with Gasteiger partial charge >= 0.3 is 0 Å². The molecule has 0 aromatic heterocycles. The van der Waals surface area contributed by atoms with Crippen LogP contribution in [-0.2, 0) is 0 Å². The van der Waals surface area contributed by atoms with E-state index in [2.05, 4.69) is 10.6 Å². The van der Waals surface area contributed by atoms with Crippen molar-refractivity contribution in [2.45, 2.75) is 57.1 Å². The van der Waals surface area contributed by atoms with E-state index in [9.17, 15) is 5.11 Å². The molecule has 3 nitrogen and oxygen atoms in total. The third-order valence-electron chi connectivity index (χ3n) is 4.05. The molecule has 1 saturated heterocycles. The summed E-state index contributed by atoms with van der Waals surface area (Å²) in [6.45, 7) is 3.46. The van der Waals surface area contributed by atoms with Crippen LogP contribution in [0.15, 0.2) is 0 Å². The fourth-order valence-corrected chi connectivity index (χ4v) is 2.91. The Hall–Kier alpha value is -0.120. The zero-order valence-corrected chi connectivity index (χ0v) is 10.3. The van der Waals surface area contributed by atoms with Gasteiger partial charge in [-0.05, 0) is 57.5 Å². The van der Waals surface area contributed by atoms with Crippen molar-refractivity contribution < 1.29 is 5.11 Å². The van der Waals surface area contributed by atoms with Gasteiger partial charge < -0.3 is 15.7 Å². The van der Waals surface area contributed by atoms with Crippen LogP contribution in [0, 0.1) is 5.92 Å². The van der Waals surface area contributed by atoms with Crippen LogP contribution in [0.2, 0.25) is 0 Å². The topological polar surface area (TPSA) is 44.3 Å². The van der Waals surface area contributed by atoms with Gasteiger partial charge in [0.2, 0.25) is 0 Å². The standard InChI is InChI=1S/C13H26N2O/c16-13-6-4-11(5-7-13)9-14-10-12-3-1-2-8-15-12/h11-16H,1-10H2. The predicted octanol–water partition coefficient (Wildman–Crippen LogP) is 1.27. The van der Waals surface area contributed by atoms with E-state index in [1.54, 1.807) is 0 Å². The highest BCUT2D eigenvalue weighted by molar-refractivity contribution is 4.77. The molecule has 0 aromatic rings. The summed E-state index contributed by atoms with van der Waals surface area (Å²) >= 11 is 0. The molecular weight excluding hydrogens is 200 g/mol. The Morgan fingerprint density at radius 1 is 1.00 bits per heavy atom. The Labute approximate surface area is 99.0 Å². The second-order valence-corrected chi connectivity index (χ2v) is 5.48. The van der Waals surface area contributed by atoms with Crippen LogP contribution in [0.3, 0.4) is 0 Å². The van der Waals surface area contributed by atoms with Crippen LogP contribution in [0.5, 0.6) is 0 Å². The van der Waals surface area contributed by atoms with Crippen LogP contribution in [0.25, 0.3) is 0 Å². The van der Waals surface area contributed by atoms with Crippen molar-refractivity contribution >= 4 is 0 Å². The number of piperidine rings is 1. The lowest BCUT2D eigenvalue weighted by molar-refractivity contribution is 0.108. The average Bonchev–Trinajstić information content (AvgIpc) is 2.33. The maximum absolute atomic E-state index is 9.43. The quantitative estimate of drug-likeness (QED) is 0.676. The molecule has 94 valence electrons. The van der Waals surface area contributed by atoms with Crippen molar-refractivity contribution in [1.29, 1.82) is 0 Å². The number of hydrogen-bond acceptors (Lipinski definition) is 3. The van der Waals surface area contributed by atoms with Gasteiger partial charge in [0.1, 0.15) is 0 Å². The van der Waals surface area contributed by atoms with E-state index in [1.807, 2.05) is 0 Å². The maximum atomic E-state index is 9.43. The van der Waals surface area contributed by atoms with Crippen LogP contribution < -0.4 is 10.6 Å². The second-order valence-electron chi connectivity index (χ2n) is 5.48. The minimum atomic E-state index is -0.0174. The largest absolute Gasteiger partial charge is 0.393 e. The van der Waals surface area contributed by atoms with Crippen molar-refractivity contribution in [3.05, 3.63) is 0 Å². The van der Waals surface area contributed by atoms with Crippen molar-refractivity contribution in [2.75, 3.05) is 19.6 Å². The molecule has 2 fully saturated rings. The summed E-state index contributed by atoms with van der Waals surface area (Å²) in [5, 5.41) is 16.6. The molecule has 3 heteroatoms. The molecular formula is C13H26N2O. The normalized spacial score (nSPS) is 36.2. The highest BCUT2D eigenvalue weighted by Gasteiger charge is 2.19. The molecule has 1 atom stereocenters. The van der Waals surface area contributed by atoms with Gasteiger partial charge in [0.15, 0.2) is 0 Å². The zero-order chi connectivity index (χ0) is 11.2. The predicted molar refractivity (Wildman–Crippen MR) is 66.5 cm³/mol. The van der Waals surface area contributed by atoms with Gasteiger partial charge in [-0.25, -0.2) is 0 Å². The van der Waals surface area contributed by atoms with E-state index in [0.29, 0.717) is 6.04 Å². The van der Waals surface area contributed by atoms with Crippen molar-refractivity contribution in [1.82, 2.24) is 10.6 Å². The lowest BCUT2D eigenvalue weighted by Crippen LogP contribution is -2.43. The highest BCUT2D eigenvalue weighted by Crippen LogP contribution is 2.23. The summed E-state index contributed by atoms with van der Waals surface area (Å²) in [5.74, 6) is 0.798. The molecule has 2 aliphatic rings. The van der Waals surface area contributed by atoms with E-state index >= 15 is 0 Å². The molecule has 0 radical (unpaired) electrons. The summed E-state index contributed by atoms with van der Waals surface area (Å²) in [4.78, 5) is 0. The average molecular weight is 226 g/mol. The lowest BCUT2D eigenvalue weighted by Gasteiger charge is -2.28. The lowest BCUT2D eigenvalue weighted by atomic mass is 9.87. The van der Waals surface area contributed by atoms with Gasteiger partial charge in [0.25, 0.3) is 0 Å². The minimum Gasteiger partial charge on any atom is -0.393 e. The first-order chi connectivity index (χ1) is 7.84. The Morgan fingerprint density at radius 3 is 2.50 bits per heavy atom. The fourth-order valence-electron chi connectivity index (χ4n) is 2.91. The zero-order valence-electron chi connectivity index (χ0n) is 10.3. The van der Waals surface area contributed by atoms with E-state index in [-0.39, 0.29) is 6.10 Å². The second kappa shape index (κ2) is 6.58. The highest BCUT2D eigenvalue weighted by atomic mass is 16.3. The number of rotatable bonds is 4. The van der Waals surface area contributed by atoms with Crippen molar-refractivity contribution in [3.8, 4) is 0 Å². The maximum Gasteiger partial charge on any atom is 0.0540 e. The van der Waals surface area contributed by atoms with Crippen molar-refractivity contribution in [2.24, 2.45) is 5.92 Å². The summed E-state index contributed by atoms with van der Waals surface area (Å²) in [7, 11) is 0.